The lowest BCUT2D eigenvalue weighted by atomic mass is 9.85. The minimum Gasteiger partial charge on any atom is -0.373 e. The summed E-state index contributed by atoms with van der Waals surface area (Å²) in [4.78, 5) is 14.9. The minimum absolute atomic E-state index is 0.0976. The number of carbonyl (C=O) groups is 1. The van der Waals surface area contributed by atoms with Gasteiger partial charge in [-0.1, -0.05) is 13.3 Å². The third-order valence-corrected chi connectivity index (χ3v) is 5.71. The molecule has 2 atom stereocenters. The first-order chi connectivity index (χ1) is 12.2. The van der Waals surface area contributed by atoms with E-state index in [1.165, 1.54) is 0 Å². The van der Waals surface area contributed by atoms with Gasteiger partial charge in [-0.25, -0.2) is 0 Å². The summed E-state index contributed by atoms with van der Waals surface area (Å²) in [6.45, 7) is 4.65. The molecule has 2 unspecified atom stereocenters. The van der Waals surface area contributed by atoms with Crippen LogP contribution in [0.1, 0.15) is 43.0 Å². The fourth-order valence-corrected chi connectivity index (χ4v) is 4.22. The van der Waals surface area contributed by atoms with E-state index in [9.17, 15) is 4.79 Å². The van der Waals surface area contributed by atoms with Gasteiger partial charge in [0.1, 0.15) is 0 Å². The predicted octanol–water partition coefficient (Wildman–Crippen LogP) is 3.90. The number of amides is 1. The van der Waals surface area contributed by atoms with Gasteiger partial charge in [0.15, 0.2) is 0 Å². The molecule has 25 heavy (non-hydrogen) atoms. The van der Waals surface area contributed by atoms with E-state index in [0.29, 0.717) is 5.92 Å². The number of carbonyl (C=O) groups excluding carboxylic acids is 1. The first-order valence-corrected chi connectivity index (χ1v) is 9.36. The number of piperidine rings is 1. The Morgan fingerprint density at radius 2 is 2.00 bits per heavy atom. The minimum atomic E-state index is -0.0976. The number of rotatable bonds is 3. The van der Waals surface area contributed by atoms with Crippen molar-refractivity contribution in [3.63, 3.8) is 0 Å². The van der Waals surface area contributed by atoms with E-state index < -0.39 is 0 Å². The second kappa shape index (κ2) is 6.68. The molecule has 0 aliphatic carbocycles. The SMILES string of the molecule is CCC1COC2(CCCN(C(=O)c3ccc(-n4cccc4)cc3)C2)C1. The van der Waals surface area contributed by atoms with Gasteiger partial charge in [0.25, 0.3) is 5.91 Å². The van der Waals surface area contributed by atoms with Crippen LogP contribution in [-0.2, 0) is 4.74 Å². The second-order valence-corrected chi connectivity index (χ2v) is 7.44. The Morgan fingerprint density at radius 3 is 2.68 bits per heavy atom. The molecule has 4 heteroatoms. The average molecular weight is 338 g/mol. The van der Waals surface area contributed by atoms with Crippen LogP contribution in [0, 0.1) is 5.92 Å². The van der Waals surface area contributed by atoms with Crippen molar-refractivity contribution >= 4 is 5.91 Å². The van der Waals surface area contributed by atoms with E-state index in [1.54, 1.807) is 0 Å². The maximum atomic E-state index is 13.0. The van der Waals surface area contributed by atoms with Gasteiger partial charge in [0, 0.05) is 36.7 Å². The van der Waals surface area contributed by atoms with Crippen molar-refractivity contribution in [3.05, 3.63) is 54.4 Å². The molecular formula is C21H26N2O2. The van der Waals surface area contributed by atoms with E-state index in [2.05, 4.69) is 6.92 Å². The summed E-state index contributed by atoms with van der Waals surface area (Å²) >= 11 is 0. The maximum Gasteiger partial charge on any atom is 0.253 e. The van der Waals surface area contributed by atoms with Gasteiger partial charge in [-0.05, 0) is 61.6 Å². The number of benzene rings is 1. The molecule has 0 N–H and O–H groups in total. The van der Waals surface area contributed by atoms with Crippen LogP contribution < -0.4 is 0 Å². The van der Waals surface area contributed by atoms with Crippen molar-refractivity contribution < 1.29 is 9.53 Å². The molecule has 2 aliphatic heterocycles. The van der Waals surface area contributed by atoms with Crippen LogP contribution in [0.25, 0.3) is 5.69 Å². The summed E-state index contributed by atoms with van der Waals surface area (Å²) in [6, 6.07) is 11.9. The lowest BCUT2D eigenvalue weighted by Crippen LogP contribution is -2.50. The summed E-state index contributed by atoms with van der Waals surface area (Å²) in [7, 11) is 0. The Labute approximate surface area is 149 Å². The first-order valence-electron chi connectivity index (χ1n) is 9.36. The summed E-state index contributed by atoms with van der Waals surface area (Å²) in [5.41, 5.74) is 1.74. The number of hydrogen-bond acceptors (Lipinski definition) is 2. The second-order valence-electron chi connectivity index (χ2n) is 7.44. The van der Waals surface area contributed by atoms with Gasteiger partial charge >= 0.3 is 0 Å². The number of hydrogen-bond donors (Lipinski definition) is 0. The van der Waals surface area contributed by atoms with Crippen LogP contribution in [0.15, 0.2) is 48.8 Å². The smallest absolute Gasteiger partial charge is 0.253 e. The fraction of sp³-hybridized carbons (Fsp3) is 0.476. The average Bonchev–Trinajstić information content (AvgIpc) is 3.32. The summed E-state index contributed by atoms with van der Waals surface area (Å²) in [5, 5.41) is 0. The highest BCUT2D eigenvalue weighted by Crippen LogP contribution is 2.38. The third-order valence-electron chi connectivity index (χ3n) is 5.71. The highest BCUT2D eigenvalue weighted by Gasteiger charge is 2.43. The quantitative estimate of drug-likeness (QED) is 0.851. The van der Waals surface area contributed by atoms with Crippen LogP contribution in [0.5, 0.6) is 0 Å². The summed E-state index contributed by atoms with van der Waals surface area (Å²) < 4.78 is 8.22. The Morgan fingerprint density at radius 1 is 1.24 bits per heavy atom. The van der Waals surface area contributed by atoms with Gasteiger partial charge < -0.3 is 14.2 Å². The Hall–Kier alpha value is -2.07. The lowest BCUT2D eigenvalue weighted by molar-refractivity contribution is -0.0449. The van der Waals surface area contributed by atoms with Gasteiger partial charge in [-0.3, -0.25) is 4.79 Å². The zero-order chi connectivity index (χ0) is 17.3. The Bertz CT molecular complexity index is 723. The molecule has 4 nitrogen and oxygen atoms in total. The molecule has 0 saturated carbocycles. The third kappa shape index (κ3) is 3.23. The molecule has 0 radical (unpaired) electrons. The van der Waals surface area contributed by atoms with E-state index >= 15 is 0 Å². The highest BCUT2D eigenvalue weighted by molar-refractivity contribution is 5.94. The van der Waals surface area contributed by atoms with Crippen molar-refractivity contribution in [1.82, 2.24) is 9.47 Å². The molecule has 1 aromatic carbocycles. The van der Waals surface area contributed by atoms with Crippen molar-refractivity contribution in [2.45, 2.75) is 38.2 Å². The first kappa shape index (κ1) is 16.4. The molecule has 0 bridgehead atoms. The van der Waals surface area contributed by atoms with Crippen LogP contribution in [0.4, 0.5) is 0 Å². The monoisotopic (exact) mass is 338 g/mol. The number of nitrogens with zero attached hydrogens (tertiary/aromatic N) is 2. The predicted molar refractivity (Wildman–Crippen MR) is 98.0 cm³/mol. The Kier molecular flexibility index (Phi) is 4.38. The standard InChI is InChI=1S/C21H26N2O2/c1-2-17-14-21(25-15-17)10-5-13-23(16-21)20(24)18-6-8-19(9-7-18)22-11-3-4-12-22/h3-4,6-9,11-12,17H,2,5,10,13-16H2,1H3. The summed E-state index contributed by atoms with van der Waals surface area (Å²) in [6.07, 6.45) is 8.39. The molecule has 2 aliphatic rings. The molecule has 1 spiro atoms. The molecule has 1 aromatic heterocycles. The molecule has 1 amide bonds. The van der Waals surface area contributed by atoms with Crippen molar-refractivity contribution in [2.75, 3.05) is 19.7 Å². The molecule has 2 aromatic rings. The zero-order valence-electron chi connectivity index (χ0n) is 14.9. The van der Waals surface area contributed by atoms with E-state index in [1.807, 2.05) is 58.3 Å². The van der Waals surface area contributed by atoms with Crippen molar-refractivity contribution in [1.29, 1.82) is 0 Å². The van der Waals surface area contributed by atoms with Gasteiger partial charge in [-0.2, -0.15) is 0 Å². The van der Waals surface area contributed by atoms with Gasteiger partial charge in [-0.15, -0.1) is 0 Å². The molecule has 4 rings (SSSR count). The van der Waals surface area contributed by atoms with Crippen LogP contribution in [-0.4, -0.2) is 40.7 Å². The van der Waals surface area contributed by atoms with E-state index in [0.717, 1.165) is 56.6 Å². The molecule has 2 fully saturated rings. The van der Waals surface area contributed by atoms with E-state index in [4.69, 9.17) is 4.74 Å². The number of ether oxygens (including phenoxy) is 1. The van der Waals surface area contributed by atoms with Crippen molar-refractivity contribution in [2.24, 2.45) is 5.92 Å². The maximum absolute atomic E-state index is 13.0. The summed E-state index contributed by atoms with van der Waals surface area (Å²) in [5.74, 6) is 0.776. The van der Waals surface area contributed by atoms with Crippen molar-refractivity contribution in [3.8, 4) is 5.69 Å². The normalized spacial score (nSPS) is 26.3. The molecule has 2 saturated heterocycles. The van der Waals surface area contributed by atoms with Gasteiger partial charge in [0.2, 0.25) is 0 Å². The zero-order valence-corrected chi connectivity index (χ0v) is 14.9. The number of aromatic nitrogens is 1. The number of likely N-dealkylation sites (tertiary alicyclic amines) is 1. The lowest BCUT2D eigenvalue weighted by Gasteiger charge is -2.40. The highest BCUT2D eigenvalue weighted by atomic mass is 16.5. The van der Waals surface area contributed by atoms with Crippen LogP contribution in [0.3, 0.4) is 0 Å². The molecular weight excluding hydrogens is 312 g/mol. The van der Waals surface area contributed by atoms with E-state index in [-0.39, 0.29) is 11.5 Å². The molecule has 3 heterocycles. The topological polar surface area (TPSA) is 34.5 Å². The molecule has 132 valence electrons. The van der Waals surface area contributed by atoms with Crippen LogP contribution in [0.2, 0.25) is 0 Å². The fourth-order valence-electron chi connectivity index (χ4n) is 4.22. The van der Waals surface area contributed by atoms with Crippen LogP contribution >= 0.6 is 0 Å². The largest absolute Gasteiger partial charge is 0.373 e. The van der Waals surface area contributed by atoms with Gasteiger partial charge in [0.05, 0.1) is 12.2 Å². The Balaban J connectivity index is 1.47.